The van der Waals surface area contributed by atoms with Gasteiger partial charge in [0.2, 0.25) is 5.91 Å². The fourth-order valence-electron chi connectivity index (χ4n) is 3.51. The van der Waals surface area contributed by atoms with Gasteiger partial charge in [-0.25, -0.2) is 4.79 Å². The first-order valence-corrected chi connectivity index (χ1v) is 10.9. The molecule has 8 heteroatoms. The molecule has 1 amide bonds. The zero-order valence-corrected chi connectivity index (χ0v) is 18.1. The van der Waals surface area contributed by atoms with Crippen molar-refractivity contribution in [2.24, 2.45) is 0 Å². The van der Waals surface area contributed by atoms with Crippen LogP contribution in [0.1, 0.15) is 62.8 Å². The summed E-state index contributed by atoms with van der Waals surface area (Å²) in [6.07, 6.45) is 0.936. The van der Waals surface area contributed by atoms with Crippen molar-refractivity contribution in [3.8, 4) is 0 Å². The Balaban J connectivity index is 1.77. The molecule has 0 aromatic carbocycles. The largest absolute Gasteiger partial charge is 0.462 e. The highest BCUT2D eigenvalue weighted by molar-refractivity contribution is 7.18. The van der Waals surface area contributed by atoms with Crippen LogP contribution >= 0.6 is 22.7 Å². The molecule has 6 nitrogen and oxygen atoms in total. The molecule has 3 rings (SSSR count). The van der Waals surface area contributed by atoms with Gasteiger partial charge in [0.1, 0.15) is 5.00 Å². The fraction of sp³-hybridized carbons (Fsp3) is 0.450. The third kappa shape index (κ3) is 4.04. The summed E-state index contributed by atoms with van der Waals surface area (Å²) in [5, 5.41) is 5.31. The van der Waals surface area contributed by atoms with E-state index in [0.717, 1.165) is 24.3 Å². The van der Waals surface area contributed by atoms with Crippen molar-refractivity contribution in [2.45, 2.75) is 40.2 Å². The molecular weight excluding hydrogens is 396 g/mol. The number of carbonyl (C=O) groups excluding carboxylic acids is 3. The minimum Gasteiger partial charge on any atom is -0.462 e. The van der Waals surface area contributed by atoms with Crippen LogP contribution in [0, 0.1) is 6.92 Å². The van der Waals surface area contributed by atoms with Gasteiger partial charge in [-0.15, -0.1) is 22.7 Å². The minimum atomic E-state index is -0.520. The van der Waals surface area contributed by atoms with E-state index in [1.807, 2.05) is 0 Å². The van der Waals surface area contributed by atoms with Gasteiger partial charge < -0.3 is 10.1 Å². The van der Waals surface area contributed by atoms with Gasteiger partial charge in [-0.1, -0.05) is 0 Å². The molecule has 0 unspecified atom stereocenters. The van der Waals surface area contributed by atoms with Crippen molar-refractivity contribution >= 4 is 45.3 Å². The van der Waals surface area contributed by atoms with Gasteiger partial charge >= 0.3 is 5.97 Å². The molecule has 0 aliphatic carbocycles. The summed E-state index contributed by atoms with van der Waals surface area (Å²) in [7, 11) is 0. The SMILES string of the molecule is CCOC(=O)c1c(NC(=O)CN2CCc3sccc3[C@H]2C)sc(C(C)=O)c1C. The summed E-state index contributed by atoms with van der Waals surface area (Å²) in [4.78, 5) is 40.9. The predicted octanol–water partition coefficient (Wildman–Crippen LogP) is 4.06. The number of ether oxygens (including phenoxy) is 1. The second-order valence-corrected chi connectivity index (χ2v) is 8.80. The Morgan fingerprint density at radius 3 is 2.79 bits per heavy atom. The van der Waals surface area contributed by atoms with E-state index in [0.29, 0.717) is 15.4 Å². The highest BCUT2D eigenvalue weighted by Gasteiger charge is 2.28. The van der Waals surface area contributed by atoms with E-state index in [4.69, 9.17) is 4.74 Å². The fourth-order valence-corrected chi connectivity index (χ4v) is 5.58. The first kappa shape index (κ1) is 20.7. The van der Waals surface area contributed by atoms with E-state index in [2.05, 4.69) is 28.6 Å². The van der Waals surface area contributed by atoms with E-state index in [-0.39, 0.29) is 36.4 Å². The highest BCUT2D eigenvalue weighted by atomic mass is 32.1. The predicted molar refractivity (Wildman–Crippen MR) is 112 cm³/mol. The van der Waals surface area contributed by atoms with Gasteiger partial charge in [0.25, 0.3) is 0 Å². The number of ketones is 1. The molecular formula is C20H24N2O4S2. The smallest absolute Gasteiger partial charge is 0.341 e. The normalized spacial score (nSPS) is 16.5. The van der Waals surface area contributed by atoms with Crippen molar-refractivity contribution in [1.82, 2.24) is 4.90 Å². The second kappa shape index (κ2) is 8.55. The molecule has 1 aliphatic rings. The number of esters is 1. The zero-order chi connectivity index (χ0) is 20.4. The Morgan fingerprint density at radius 1 is 1.36 bits per heavy atom. The summed E-state index contributed by atoms with van der Waals surface area (Å²) in [5.41, 5.74) is 2.11. The Hall–Kier alpha value is -2.03. The number of hydrogen-bond donors (Lipinski definition) is 1. The number of amides is 1. The number of hydrogen-bond acceptors (Lipinski definition) is 7. The standard InChI is InChI=1S/C20H24N2O4S2/c1-5-26-20(25)17-11(2)18(13(4)23)28-19(17)21-16(24)10-22-8-6-15-14(12(22)3)7-9-27-15/h7,9,12H,5-6,8,10H2,1-4H3,(H,21,24)/t12-/m1/s1. The molecule has 0 spiro atoms. The summed E-state index contributed by atoms with van der Waals surface area (Å²) < 4.78 is 5.12. The molecule has 0 bridgehead atoms. The number of Topliss-reactive ketones (excluding diaryl/α,β-unsaturated/α-hetero) is 1. The molecule has 0 saturated carbocycles. The molecule has 2 aromatic heterocycles. The number of carbonyl (C=O) groups is 3. The van der Waals surface area contributed by atoms with Gasteiger partial charge in [-0.3, -0.25) is 14.5 Å². The van der Waals surface area contributed by atoms with Crippen molar-refractivity contribution in [3.63, 3.8) is 0 Å². The monoisotopic (exact) mass is 420 g/mol. The summed E-state index contributed by atoms with van der Waals surface area (Å²) in [6, 6.07) is 2.29. The Kier molecular flexibility index (Phi) is 6.32. The van der Waals surface area contributed by atoms with Crippen LogP contribution in [0.2, 0.25) is 0 Å². The molecule has 150 valence electrons. The van der Waals surface area contributed by atoms with Crippen LogP contribution in [0.5, 0.6) is 0 Å². The molecule has 2 aromatic rings. The maximum Gasteiger partial charge on any atom is 0.341 e. The maximum atomic E-state index is 12.7. The van der Waals surface area contributed by atoms with Crippen LogP contribution < -0.4 is 5.32 Å². The minimum absolute atomic E-state index is 0.136. The number of thiophene rings is 2. The van der Waals surface area contributed by atoms with Crippen molar-refractivity contribution in [1.29, 1.82) is 0 Å². The molecule has 28 heavy (non-hydrogen) atoms. The highest BCUT2D eigenvalue weighted by Crippen LogP contribution is 2.35. The van der Waals surface area contributed by atoms with Crippen LogP contribution in [-0.2, 0) is 16.0 Å². The van der Waals surface area contributed by atoms with Crippen molar-refractivity contribution < 1.29 is 19.1 Å². The lowest BCUT2D eigenvalue weighted by atomic mass is 10.0. The average Bonchev–Trinajstić information content (AvgIpc) is 3.22. The summed E-state index contributed by atoms with van der Waals surface area (Å²) in [5.74, 6) is -0.857. The Labute approximate surface area is 172 Å². The lowest BCUT2D eigenvalue weighted by Crippen LogP contribution is -2.39. The van der Waals surface area contributed by atoms with Gasteiger partial charge in [0, 0.05) is 17.5 Å². The van der Waals surface area contributed by atoms with Gasteiger partial charge in [-0.05, 0) is 56.7 Å². The lowest BCUT2D eigenvalue weighted by molar-refractivity contribution is -0.117. The van der Waals surface area contributed by atoms with Crippen LogP contribution in [-0.4, -0.2) is 42.3 Å². The van der Waals surface area contributed by atoms with Crippen LogP contribution in [0.25, 0.3) is 0 Å². The molecule has 0 fully saturated rings. The van der Waals surface area contributed by atoms with Crippen molar-refractivity contribution in [3.05, 3.63) is 37.9 Å². The molecule has 1 atom stereocenters. The van der Waals surface area contributed by atoms with Gasteiger partial charge in [0.15, 0.2) is 5.78 Å². The lowest BCUT2D eigenvalue weighted by Gasteiger charge is -2.32. The number of anilines is 1. The molecule has 3 heterocycles. The van der Waals surface area contributed by atoms with E-state index < -0.39 is 5.97 Å². The second-order valence-electron chi connectivity index (χ2n) is 6.78. The van der Waals surface area contributed by atoms with E-state index in [9.17, 15) is 14.4 Å². The number of nitrogens with zero attached hydrogens (tertiary/aromatic N) is 1. The maximum absolute atomic E-state index is 12.7. The Morgan fingerprint density at radius 2 is 2.11 bits per heavy atom. The van der Waals surface area contributed by atoms with Gasteiger partial charge in [-0.2, -0.15) is 0 Å². The topological polar surface area (TPSA) is 75.7 Å². The molecule has 0 saturated heterocycles. The number of fused-ring (bicyclic) bond motifs is 1. The van der Waals surface area contributed by atoms with Crippen LogP contribution in [0.4, 0.5) is 5.00 Å². The number of nitrogens with one attached hydrogen (secondary N) is 1. The van der Waals surface area contributed by atoms with E-state index >= 15 is 0 Å². The van der Waals surface area contributed by atoms with Gasteiger partial charge in [0.05, 0.1) is 23.6 Å². The average molecular weight is 421 g/mol. The first-order valence-electron chi connectivity index (χ1n) is 9.25. The third-order valence-electron chi connectivity index (χ3n) is 4.95. The third-order valence-corrected chi connectivity index (χ3v) is 7.25. The van der Waals surface area contributed by atoms with E-state index in [1.165, 1.54) is 17.4 Å². The van der Waals surface area contributed by atoms with Crippen molar-refractivity contribution in [2.75, 3.05) is 25.0 Å². The molecule has 0 radical (unpaired) electrons. The summed E-state index contributed by atoms with van der Waals surface area (Å²) >= 11 is 2.89. The summed E-state index contributed by atoms with van der Waals surface area (Å²) in [6.45, 7) is 8.25. The first-order chi connectivity index (χ1) is 13.3. The molecule has 1 N–H and O–H groups in total. The van der Waals surface area contributed by atoms with Crippen LogP contribution in [0.15, 0.2) is 11.4 Å². The zero-order valence-electron chi connectivity index (χ0n) is 16.5. The Bertz CT molecular complexity index is 915. The van der Waals surface area contributed by atoms with E-state index in [1.54, 1.807) is 25.2 Å². The molecule has 1 aliphatic heterocycles. The quantitative estimate of drug-likeness (QED) is 0.563. The number of rotatable bonds is 6. The van der Waals surface area contributed by atoms with Crippen LogP contribution in [0.3, 0.4) is 0 Å².